The Hall–Kier alpha value is 3.38. The molecule has 0 fully saturated rings. The maximum atomic E-state index is 3.55. The summed E-state index contributed by atoms with van der Waals surface area (Å²) in [6, 6.07) is 9.17. The van der Waals surface area contributed by atoms with E-state index in [0.29, 0.717) is 5.92 Å². The summed E-state index contributed by atoms with van der Waals surface area (Å²) in [7, 11) is 0. The fourth-order valence-electron chi connectivity index (χ4n) is 0.906. The molecule has 0 aliphatic carbocycles. The summed E-state index contributed by atoms with van der Waals surface area (Å²) < 4.78 is 0. The molecule has 17 heavy (non-hydrogen) atoms. The van der Waals surface area contributed by atoms with Crippen LogP contribution in [0.1, 0.15) is 30.9 Å². The molecule has 0 N–H and O–H groups in total. The van der Waals surface area contributed by atoms with Crippen molar-refractivity contribution in [3.63, 3.8) is 0 Å². The molecule has 3 radical (unpaired) electrons. The van der Waals surface area contributed by atoms with Crippen molar-refractivity contribution in [3.8, 4) is 0 Å². The molecule has 0 atom stereocenters. The van der Waals surface area contributed by atoms with E-state index in [-0.39, 0.29) is 146 Å². The summed E-state index contributed by atoms with van der Waals surface area (Å²) in [6.45, 7) is 7.88. The Balaban J connectivity index is -0.0000000504. The van der Waals surface area contributed by atoms with Gasteiger partial charge in [-0.05, 0) is 5.92 Å². The number of hydrogen-bond donors (Lipinski definition) is 0. The largest absolute Gasteiger partial charge is 3.00 e. The van der Waals surface area contributed by atoms with Crippen LogP contribution in [0.25, 0.3) is 0 Å². The predicted molar refractivity (Wildman–Crippen MR) is 60.2 cm³/mol. The summed E-state index contributed by atoms with van der Waals surface area (Å²) in [5.41, 5.74) is 2.25. The van der Waals surface area contributed by atoms with Gasteiger partial charge in [0.2, 0.25) is 0 Å². The van der Waals surface area contributed by atoms with E-state index in [2.05, 4.69) is 38.6 Å². The maximum absolute atomic E-state index is 3.55. The molecule has 0 amide bonds. The molecule has 0 saturated heterocycles. The van der Waals surface area contributed by atoms with Gasteiger partial charge in [0.1, 0.15) is 0 Å². The van der Waals surface area contributed by atoms with Crippen molar-refractivity contribution in [2.24, 2.45) is 0 Å². The second-order valence-corrected chi connectivity index (χ2v) is 2.87. The van der Waals surface area contributed by atoms with Crippen LogP contribution >= 0.6 is 0 Å². The van der Waals surface area contributed by atoms with Crippen molar-refractivity contribution in [2.45, 2.75) is 19.8 Å². The zero-order valence-corrected chi connectivity index (χ0v) is 22.7. The minimum atomic E-state index is 0. The van der Waals surface area contributed by atoms with Gasteiger partial charge in [-0.1, -0.05) is 19.4 Å². The fourth-order valence-corrected chi connectivity index (χ4v) is 0.906. The van der Waals surface area contributed by atoms with Crippen LogP contribution in [0.4, 0.5) is 0 Å². The van der Waals surface area contributed by atoms with E-state index in [1.165, 1.54) is 5.56 Å². The molecule has 0 bridgehead atoms. The van der Waals surface area contributed by atoms with E-state index in [1.807, 2.05) is 12.1 Å². The number of hydrogen-bond acceptors (Lipinski definition) is 0. The quantitative estimate of drug-likeness (QED) is 0.511. The Morgan fingerprint density at radius 3 is 1.82 bits per heavy atom. The molecule has 0 saturated carbocycles. The zero-order valence-electron chi connectivity index (χ0n) is 11.3. The van der Waals surface area contributed by atoms with Crippen LogP contribution in [0.3, 0.4) is 0 Å². The summed E-state index contributed by atoms with van der Waals surface area (Å²) in [5.74, 6) is 0.574. The average Bonchev–Trinajstić information content (AvgIpc) is 2.05. The van der Waals surface area contributed by atoms with E-state index in [0.717, 1.165) is 5.56 Å². The SMILES string of the molecule is C=[C-]c1[c-]cc(C(C)C)cc1.[CH3-].[CH3-].[Y+3].[Y].[Y].[Y]. The molecule has 0 heterocycles. The van der Waals surface area contributed by atoms with Gasteiger partial charge in [0, 0.05) is 98.1 Å². The van der Waals surface area contributed by atoms with E-state index in [1.54, 1.807) is 0 Å². The van der Waals surface area contributed by atoms with Crippen LogP contribution in [0.2, 0.25) is 0 Å². The number of benzene rings is 1. The molecule has 1 aromatic rings. The minimum Gasteiger partial charge on any atom is -0.383 e. The van der Waals surface area contributed by atoms with Gasteiger partial charge in [0.25, 0.3) is 0 Å². The van der Waals surface area contributed by atoms with Crippen LogP contribution in [0.15, 0.2) is 24.8 Å². The van der Waals surface area contributed by atoms with E-state index >= 15 is 0 Å². The molecular formula is C13H18Y4-. The molecule has 0 nitrogen and oxygen atoms in total. The first-order chi connectivity index (χ1) is 5.24. The van der Waals surface area contributed by atoms with Crippen molar-refractivity contribution >= 4 is 0 Å². The third-order valence-electron chi connectivity index (χ3n) is 1.69. The molecule has 1 aromatic carbocycles. The first-order valence-electron chi connectivity index (χ1n) is 3.78. The Bertz CT molecular complexity index is 242. The molecule has 1 rings (SSSR count). The molecule has 0 aromatic heterocycles. The monoisotopic (exact) mass is 530 g/mol. The molecule has 0 unspecified atom stereocenters. The summed E-state index contributed by atoms with van der Waals surface area (Å²) in [5, 5.41) is 0. The summed E-state index contributed by atoms with van der Waals surface area (Å²) >= 11 is 0. The third-order valence-corrected chi connectivity index (χ3v) is 1.69. The van der Waals surface area contributed by atoms with Crippen molar-refractivity contribution < 1.29 is 131 Å². The molecular weight excluding hydrogens is 512 g/mol. The van der Waals surface area contributed by atoms with E-state index < -0.39 is 0 Å². The molecule has 4 heteroatoms. The predicted octanol–water partition coefficient (Wildman–Crippen LogP) is 3.84. The van der Waals surface area contributed by atoms with Gasteiger partial charge in [0.15, 0.2) is 0 Å². The van der Waals surface area contributed by atoms with Gasteiger partial charge >= 0.3 is 32.7 Å². The minimum absolute atomic E-state index is 0. The Labute approximate surface area is 209 Å². The molecule has 0 spiro atoms. The van der Waals surface area contributed by atoms with Crippen LogP contribution in [-0.4, -0.2) is 0 Å². The zero-order chi connectivity index (χ0) is 8.27. The van der Waals surface area contributed by atoms with Gasteiger partial charge in [-0.25, -0.2) is 6.58 Å². The van der Waals surface area contributed by atoms with Gasteiger partial charge in [-0.15, -0.1) is 0 Å². The van der Waals surface area contributed by atoms with Crippen LogP contribution in [0, 0.1) is 27.0 Å². The molecule has 83 valence electrons. The maximum Gasteiger partial charge on any atom is 3.00 e. The average molecular weight is 530 g/mol. The van der Waals surface area contributed by atoms with Crippen molar-refractivity contribution in [1.29, 1.82) is 0 Å². The van der Waals surface area contributed by atoms with Crippen LogP contribution in [0.5, 0.6) is 0 Å². The first-order valence-corrected chi connectivity index (χ1v) is 3.78. The van der Waals surface area contributed by atoms with Crippen LogP contribution in [-0.2, 0) is 131 Å². The van der Waals surface area contributed by atoms with Gasteiger partial charge in [-0.2, -0.15) is 12.1 Å². The topological polar surface area (TPSA) is 0 Å². The second kappa shape index (κ2) is 21.7. The molecule has 0 aliphatic heterocycles. The van der Waals surface area contributed by atoms with Gasteiger partial charge in [0.05, 0.1) is 0 Å². The van der Waals surface area contributed by atoms with Gasteiger partial charge in [-0.3, -0.25) is 6.07 Å². The van der Waals surface area contributed by atoms with Gasteiger partial charge < -0.3 is 32.6 Å². The third kappa shape index (κ3) is 15.6. The smallest absolute Gasteiger partial charge is 0.383 e. The van der Waals surface area contributed by atoms with Crippen LogP contribution < -0.4 is 0 Å². The summed E-state index contributed by atoms with van der Waals surface area (Å²) in [6.07, 6.45) is 2.79. The first kappa shape index (κ1) is 37.0. The number of rotatable bonds is 2. The van der Waals surface area contributed by atoms with E-state index in [4.69, 9.17) is 0 Å². The normalized spacial score (nSPS) is 6.53. The Kier molecular flexibility index (Phi) is 47.2. The second-order valence-electron chi connectivity index (χ2n) is 2.87. The van der Waals surface area contributed by atoms with Crippen molar-refractivity contribution in [1.82, 2.24) is 0 Å². The van der Waals surface area contributed by atoms with Crippen molar-refractivity contribution in [3.05, 3.63) is 62.9 Å². The van der Waals surface area contributed by atoms with Crippen molar-refractivity contribution in [2.75, 3.05) is 0 Å². The Morgan fingerprint density at radius 1 is 1.12 bits per heavy atom. The fraction of sp³-hybridized carbons (Fsp3) is 0.231. The summed E-state index contributed by atoms with van der Waals surface area (Å²) in [4.78, 5) is 0. The Morgan fingerprint density at radius 2 is 1.59 bits per heavy atom. The van der Waals surface area contributed by atoms with E-state index in [9.17, 15) is 0 Å². The standard InChI is InChI=1S/C11H12.2CH3.4Y/c1-4-10-5-7-11(8-6-10)9(2)3;;;;;;/h5,7-9H,1H2,2-3H3;2*1H3;;;;/q-2;2*-1;;;;+3. The molecule has 0 aliphatic rings.